The number of hydrogen-bond donors (Lipinski definition) is 0. The van der Waals surface area contributed by atoms with Gasteiger partial charge in [-0.1, -0.05) is 69.6 Å². The largest absolute Gasteiger partial charge is 0.373 e. The van der Waals surface area contributed by atoms with Gasteiger partial charge >= 0.3 is 5.97 Å². The topological polar surface area (TPSA) is 35.5 Å². The maximum atomic E-state index is 12.0. The first-order valence-electron chi connectivity index (χ1n) is 8.32. The van der Waals surface area contributed by atoms with E-state index in [1.165, 1.54) is 24.4 Å². The number of carbonyl (C=O) groups is 1. The molecule has 1 unspecified atom stereocenters. The summed E-state index contributed by atoms with van der Waals surface area (Å²) in [5.74, 6) is -0.414. The molecular formula is C18H30O3Si. The molecule has 1 aromatic carbocycles. The molecule has 3 nitrogen and oxygen atoms in total. The predicted molar refractivity (Wildman–Crippen MR) is 94.1 cm³/mol. The van der Waals surface area contributed by atoms with Crippen LogP contribution in [0.2, 0.25) is 19.6 Å². The zero-order valence-corrected chi connectivity index (χ0v) is 15.6. The highest BCUT2D eigenvalue weighted by atomic mass is 28.3. The Kier molecular flexibility index (Phi) is 7.83. The molecular weight excluding hydrogens is 292 g/mol. The molecule has 124 valence electrons. The fraction of sp³-hybridized carbons (Fsp3) is 0.611. The van der Waals surface area contributed by atoms with Crippen molar-refractivity contribution in [3.63, 3.8) is 0 Å². The molecule has 0 aliphatic rings. The highest BCUT2D eigenvalue weighted by Crippen LogP contribution is 2.10. The summed E-state index contributed by atoms with van der Waals surface area (Å²) >= 11 is 0. The Morgan fingerprint density at radius 3 is 2.27 bits per heavy atom. The van der Waals surface area contributed by atoms with Gasteiger partial charge in [0.1, 0.15) is 6.10 Å². The van der Waals surface area contributed by atoms with Gasteiger partial charge in [-0.05, 0) is 25.5 Å². The van der Waals surface area contributed by atoms with Crippen molar-refractivity contribution >= 4 is 19.2 Å². The van der Waals surface area contributed by atoms with E-state index in [9.17, 15) is 4.79 Å². The molecule has 0 aliphatic carbocycles. The smallest absolute Gasteiger partial charge is 0.293 e. The predicted octanol–water partition coefficient (Wildman–Crippen LogP) is 4.68. The highest BCUT2D eigenvalue weighted by Gasteiger charge is 2.17. The summed E-state index contributed by atoms with van der Waals surface area (Å²) in [6, 6.07) is 7.70. The number of benzene rings is 1. The first kappa shape index (κ1) is 18.9. The van der Waals surface area contributed by atoms with E-state index in [2.05, 4.69) is 26.6 Å². The molecule has 4 heteroatoms. The third kappa shape index (κ3) is 6.75. The zero-order chi connectivity index (χ0) is 16.6. The van der Waals surface area contributed by atoms with Gasteiger partial charge in [-0.25, -0.2) is 4.79 Å². The van der Waals surface area contributed by atoms with Crippen LogP contribution in [0.25, 0.3) is 0 Å². The van der Waals surface area contributed by atoms with Crippen molar-refractivity contribution in [1.29, 1.82) is 0 Å². The maximum absolute atomic E-state index is 12.0. The van der Waals surface area contributed by atoms with Crippen LogP contribution in [0.15, 0.2) is 24.3 Å². The normalized spacial score (nSPS) is 13.0. The van der Waals surface area contributed by atoms with Crippen LogP contribution in [-0.4, -0.2) is 20.1 Å². The lowest BCUT2D eigenvalue weighted by Crippen LogP contribution is -2.37. The van der Waals surface area contributed by atoms with Crippen LogP contribution in [0.3, 0.4) is 0 Å². The second-order valence-corrected chi connectivity index (χ2v) is 12.0. The molecule has 1 rings (SSSR count). The van der Waals surface area contributed by atoms with Crippen molar-refractivity contribution in [2.24, 2.45) is 0 Å². The summed E-state index contributed by atoms with van der Waals surface area (Å²) in [7, 11) is -1.33. The van der Waals surface area contributed by atoms with Gasteiger partial charge in [0.2, 0.25) is 0 Å². The molecule has 0 aromatic heterocycles. The third-order valence-electron chi connectivity index (χ3n) is 3.74. The Morgan fingerprint density at radius 2 is 1.73 bits per heavy atom. The van der Waals surface area contributed by atoms with Gasteiger partial charge in [0, 0.05) is 0 Å². The van der Waals surface area contributed by atoms with Crippen molar-refractivity contribution in [3.05, 3.63) is 29.8 Å². The first-order valence-corrected chi connectivity index (χ1v) is 11.8. The Morgan fingerprint density at radius 1 is 1.09 bits per heavy atom. The van der Waals surface area contributed by atoms with Crippen LogP contribution in [0.4, 0.5) is 0 Å². The standard InChI is InChI=1S/C18H30O3Si/c1-6-7-8-9-10-15(2)20-21-18(19)16-11-13-17(14-12-16)22(3,4)5/h11-15H,6-10H2,1-5H3. The molecule has 0 heterocycles. The van der Waals surface area contributed by atoms with E-state index >= 15 is 0 Å². The van der Waals surface area contributed by atoms with Gasteiger partial charge < -0.3 is 0 Å². The molecule has 0 fully saturated rings. The van der Waals surface area contributed by atoms with Crippen molar-refractivity contribution < 1.29 is 14.6 Å². The molecule has 0 radical (unpaired) electrons. The van der Waals surface area contributed by atoms with Gasteiger partial charge in [-0.15, -0.1) is 0 Å². The average molecular weight is 323 g/mol. The van der Waals surface area contributed by atoms with Crippen LogP contribution in [-0.2, 0) is 9.78 Å². The maximum Gasteiger partial charge on any atom is 0.373 e. The molecule has 0 amide bonds. The Balaban J connectivity index is 2.39. The summed E-state index contributed by atoms with van der Waals surface area (Å²) in [6.07, 6.45) is 5.64. The van der Waals surface area contributed by atoms with Crippen LogP contribution in [0.1, 0.15) is 56.3 Å². The van der Waals surface area contributed by atoms with E-state index in [0.717, 1.165) is 12.8 Å². The minimum Gasteiger partial charge on any atom is -0.293 e. The molecule has 1 atom stereocenters. The molecule has 0 saturated heterocycles. The SMILES string of the molecule is CCCCCCC(C)OOC(=O)c1ccc([Si](C)(C)C)cc1. The monoisotopic (exact) mass is 322 g/mol. The van der Waals surface area contributed by atoms with E-state index in [4.69, 9.17) is 9.78 Å². The third-order valence-corrected chi connectivity index (χ3v) is 5.80. The summed E-state index contributed by atoms with van der Waals surface area (Å²) in [5.41, 5.74) is 0.542. The molecule has 0 saturated carbocycles. The van der Waals surface area contributed by atoms with Gasteiger partial charge in [0.25, 0.3) is 0 Å². The molecule has 1 aromatic rings. The lowest BCUT2D eigenvalue weighted by Gasteiger charge is -2.16. The molecule has 0 aliphatic heterocycles. The first-order chi connectivity index (χ1) is 10.3. The van der Waals surface area contributed by atoms with Crippen LogP contribution in [0, 0.1) is 0 Å². The summed E-state index contributed by atoms with van der Waals surface area (Å²) in [4.78, 5) is 22.1. The van der Waals surface area contributed by atoms with Crippen molar-refractivity contribution in [2.75, 3.05) is 0 Å². The van der Waals surface area contributed by atoms with E-state index in [0.29, 0.717) is 5.56 Å². The number of hydrogen-bond acceptors (Lipinski definition) is 3. The molecule has 0 bridgehead atoms. The summed E-state index contributed by atoms with van der Waals surface area (Å²) in [6.45, 7) is 11.0. The second-order valence-electron chi connectivity index (χ2n) is 6.95. The Hall–Kier alpha value is -1.13. The molecule has 0 N–H and O–H groups in total. The lowest BCUT2D eigenvalue weighted by molar-refractivity contribution is -0.271. The zero-order valence-electron chi connectivity index (χ0n) is 14.6. The van der Waals surface area contributed by atoms with Crippen LogP contribution in [0.5, 0.6) is 0 Å². The molecule has 22 heavy (non-hydrogen) atoms. The lowest BCUT2D eigenvalue weighted by atomic mass is 10.1. The van der Waals surface area contributed by atoms with Crippen LogP contribution >= 0.6 is 0 Å². The number of unbranched alkanes of at least 4 members (excludes halogenated alkanes) is 3. The van der Waals surface area contributed by atoms with Gasteiger partial charge in [0.15, 0.2) is 0 Å². The van der Waals surface area contributed by atoms with Gasteiger partial charge in [0.05, 0.1) is 13.6 Å². The van der Waals surface area contributed by atoms with Crippen molar-refractivity contribution in [1.82, 2.24) is 0 Å². The summed E-state index contributed by atoms with van der Waals surface area (Å²) < 4.78 is 0. The second kappa shape index (κ2) is 9.11. The highest BCUT2D eigenvalue weighted by molar-refractivity contribution is 6.88. The quantitative estimate of drug-likeness (QED) is 0.287. The van der Waals surface area contributed by atoms with E-state index in [1.54, 1.807) is 0 Å². The number of rotatable bonds is 9. The minimum atomic E-state index is -1.33. The van der Waals surface area contributed by atoms with Gasteiger partial charge in [-0.2, -0.15) is 4.89 Å². The fourth-order valence-electron chi connectivity index (χ4n) is 2.19. The molecule has 0 spiro atoms. The van der Waals surface area contributed by atoms with Crippen molar-refractivity contribution in [3.8, 4) is 0 Å². The van der Waals surface area contributed by atoms with Gasteiger partial charge in [-0.3, -0.25) is 4.89 Å². The Labute approximate surface area is 136 Å². The number of carbonyl (C=O) groups excluding carboxylic acids is 1. The average Bonchev–Trinajstić information content (AvgIpc) is 2.48. The van der Waals surface area contributed by atoms with Crippen LogP contribution < -0.4 is 5.19 Å². The van der Waals surface area contributed by atoms with E-state index < -0.39 is 14.0 Å². The fourth-order valence-corrected chi connectivity index (χ4v) is 3.35. The summed E-state index contributed by atoms with van der Waals surface area (Å²) in [5, 5.41) is 1.33. The van der Waals surface area contributed by atoms with E-state index in [1.807, 2.05) is 31.2 Å². The minimum absolute atomic E-state index is 0.0536. The Bertz CT molecular complexity index is 448. The van der Waals surface area contributed by atoms with Crippen molar-refractivity contribution in [2.45, 2.75) is 71.7 Å². The van der Waals surface area contributed by atoms with E-state index in [-0.39, 0.29) is 6.10 Å².